The third-order valence-corrected chi connectivity index (χ3v) is 7.55. The summed E-state index contributed by atoms with van der Waals surface area (Å²) in [6.07, 6.45) is 0. The fraction of sp³-hybridized carbons (Fsp3) is 0.250. The summed E-state index contributed by atoms with van der Waals surface area (Å²) in [5.74, 6) is -0.834. The first kappa shape index (κ1) is 25.9. The van der Waals surface area contributed by atoms with Crippen LogP contribution in [0.4, 0.5) is 0 Å². The number of ketones is 1. The van der Waals surface area contributed by atoms with Gasteiger partial charge >= 0.3 is 0 Å². The number of nitrogens with one attached hydrogen (secondary N) is 1. The number of benzene rings is 3. The van der Waals surface area contributed by atoms with E-state index in [0.29, 0.717) is 49.8 Å². The number of rotatable bonds is 9. The molecule has 1 fully saturated rings. The third-order valence-electron chi connectivity index (χ3n) is 7.55. The number of hydrogen-bond acceptors (Lipinski definition) is 6. The quantitative estimate of drug-likeness (QED) is 0.316. The van der Waals surface area contributed by atoms with Gasteiger partial charge in [-0.2, -0.15) is 0 Å². The van der Waals surface area contributed by atoms with Gasteiger partial charge in [0.1, 0.15) is 31.0 Å². The van der Waals surface area contributed by atoms with Gasteiger partial charge < -0.3 is 28.8 Å². The van der Waals surface area contributed by atoms with Crippen molar-refractivity contribution in [1.82, 2.24) is 4.90 Å². The summed E-state index contributed by atoms with van der Waals surface area (Å²) in [5.41, 5.74) is 2.36. The molecular weight excluding hydrogens is 508 g/mol. The second kappa shape index (κ2) is 11.4. The summed E-state index contributed by atoms with van der Waals surface area (Å²) in [6.45, 7) is 4.55. The van der Waals surface area contributed by atoms with E-state index in [1.54, 1.807) is 17.0 Å². The lowest BCUT2D eigenvalue weighted by Crippen LogP contribution is -3.14. The monoisotopic (exact) mass is 539 g/mol. The number of aliphatic hydroxyl groups excluding tert-OH is 1. The smallest absolute Gasteiger partial charge is 0.290 e. The molecule has 3 heterocycles. The van der Waals surface area contributed by atoms with Crippen molar-refractivity contribution in [3.63, 3.8) is 0 Å². The summed E-state index contributed by atoms with van der Waals surface area (Å²) in [7, 11) is 0. The Hall–Kier alpha value is -4.40. The second-order valence-corrected chi connectivity index (χ2v) is 10.1. The topological polar surface area (TPSA) is 93.7 Å². The van der Waals surface area contributed by atoms with E-state index in [-0.39, 0.29) is 11.3 Å². The van der Waals surface area contributed by atoms with Crippen LogP contribution in [0.5, 0.6) is 5.75 Å². The Balaban J connectivity index is 1.29. The van der Waals surface area contributed by atoms with Crippen molar-refractivity contribution in [1.29, 1.82) is 0 Å². The largest absolute Gasteiger partial charge is 0.503 e. The van der Waals surface area contributed by atoms with Crippen molar-refractivity contribution in [2.75, 3.05) is 39.4 Å². The molecule has 1 amide bonds. The van der Waals surface area contributed by atoms with Crippen LogP contribution in [0, 0.1) is 0 Å². The summed E-state index contributed by atoms with van der Waals surface area (Å²) >= 11 is 0. The Morgan fingerprint density at radius 1 is 0.975 bits per heavy atom. The predicted octanol–water partition coefficient (Wildman–Crippen LogP) is 3.51. The number of Topliss-reactive ketones (excluding diaryl/α,β-unsaturated/α-hetero) is 1. The fourth-order valence-corrected chi connectivity index (χ4v) is 5.37. The highest BCUT2D eigenvalue weighted by Crippen LogP contribution is 2.39. The van der Waals surface area contributed by atoms with Gasteiger partial charge in [0, 0.05) is 5.39 Å². The molecule has 1 saturated heterocycles. The minimum Gasteiger partial charge on any atom is -0.503 e. The number of ether oxygens (including phenoxy) is 2. The van der Waals surface area contributed by atoms with E-state index in [0.717, 1.165) is 24.0 Å². The summed E-state index contributed by atoms with van der Waals surface area (Å²) in [4.78, 5) is 30.1. The van der Waals surface area contributed by atoms with E-state index in [2.05, 4.69) is 0 Å². The number of morpholine rings is 1. The van der Waals surface area contributed by atoms with Crippen LogP contribution in [-0.2, 0) is 16.1 Å². The van der Waals surface area contributed by atoms with Crippen molar-refractivity contribution < 1.29 is 33.5 Å². The number of carbonyl (C=O) groups is 2. The molecule has 8 nitrogen and oxygen atoms in total. The molecule has 2 N–H and O–H groups in total. The molecule has 8 heteroatoms. The molecular formula is C32H31N2O6+. The Bertz CT molecular complexity index is 1500. The van der Waals surface area contributed by atoms with Gasteiger partial charge in [-0.3, -0.25) is 9.59 Å². The van der Waals surface area contributed by atoms with Crippen LogP contribution in [0.2, 0.25) is 0 Å². The van der Waals surface area contributed by atoms with Crippen molar-refractivity contribution in [2.24, 2.45) is 0 Å². The fourth-order valence-electron chi connectivity index (χ4n) is 5.37. The van der Waals surface area contributed by atoms with Gasteiger partial charge in [-0.15, -0.1) is 0 Å². The average molecular weight is 540 g/mol. The zero-order chi connectivity index (χ0) is 27.5. The molecule has 1 aromatic heterocycles. The van der Waals surface area contributed by atoms with Gasteiger partial charge in [-0.1, -0.05) is 60.7 Å². The molecule has 1 atom stereocenters. The lowest BCUT2D eigenvalue weighted by molar-refractivity contribution is -0.907. The average Bonchev–Trinajstić information content (AvgIpc) is 3.55. The molecule has 3 aromatic carbocycles. The third kappa shape index (κ3) is 5.23. The van der Waals surface area contributed by atoms with Crippen LogP contribution < -0.4 is 9.64 Å². The van der Waals surface area contributed by atoms with Gasteiger partial charge in [0.05, 0.1) is 37.9 Å². The predicted molar refractivity (Wildman–Crippen MR) is 148 cm³/mol. The number of amides is 1. The van der Waals surface area contributed by atoms with Gasteiger partial charge in [-0.25, -0.2) is 0 Å². The number of carbonyl (C=O) groups excluding carboxylic acids is 2. The molecule has 0 radical (unpaired) electrons. The summed E-state index contributed by atoms with van der Waals surface area (Å²) < 4.78 is 17.2. The molecule has 4 aromatic rings. The first-order valence-electron chi connectivity index (χ1n) is 13.5. The highest BCUT2D eigenvalue weighted by molar-refractivity contribution is 6.16. The minimum absolute atomic E-state index is 0.0268. The van der Waals surface area contributed by atoms with Crippen LogP contribution in [0.3, 0.4) is 0 Å². The molecule has 0 spiro atoms. The van der Waals surface area contributed by atoms with Crippen LogP contribution in [-0.4, -0.2) is 61.1 Å². The molecule has 2 aliphatic heterocycles. The molecule has 0 unspecified atom stereocenters. The standard InChI is InChI=1S/C32H30N2O6/c35-30(27-20-24-8-4-5-9-26(24)40-27)28-29(34(32(37)31(28)36)15-14-33-16-18-38-19-17-33)23-10-12-25(13-11-23)39-21-22-6-2-1-3-7-22/h1-13,20,29,36H,14-19,21H2/p+1/t29-/m0/s1. The Labute approximate surface area is 232 Å². The lowest BCUT2D eigenvalue weighted by atomic mass is 9.95. The maximum Gasteiger partial charge on any atom is 0.290 e. The number of hydrogen-bond donors (Lipinski definition) is 2. The molecule has 6 rings (SSSR count). The van der Waals surface area contributed by atoms with Gasteiger partial charge in [0.2, 0.25) is 5.78 Å². The zero-order valence-electron chi connectivity index (χ0n) is 22.0. The molecule has 0 saturated carbocycles. The first-order valence-corrected chi connectivity index (χ1v) is 13.5. The minimum atomic E-state index is -0.753. The first-order chi connectivity index (χ1) is 19.6. The molecule has 40 heavy (non-hydrogen) atoms. The van der Waals surface area contributed by atoms with E-state index in [1.165, 1.54) is 4.90 Å². The number of quaternary nitrogens is 1. The van der Waals surface area contributed by atoms with Crippen LogP contribution >= 0.6 is 0 Å². The maximum atomic E-state index is 13.8. The lowest BCUT2D eigenvalue weighted by Gasteiger charge is -2.30. The summed E-state index contributed by atoms with van der Waals surface area (Å²) in [5, 5.41) is 11.8. The van der Waals surface area contributed by atoms with E-state index in [9.17, 15) is 14.7 Å². The number of para-hydroxylation sites is 1. The van der Waals surface area contributed by atoms with Gasteiger partial charge in [0.25, 0.3) is 5.91 Å². The van der Waals surface area contributed by atoms with Crippen molar-refractivity contribution in [2.45, 2.75) is 12.6 Å². The molecule has 204 valence electrons. The normalized spacial score (nSPS) is 18.1. The number of aliphatic hydroxyl groups is 1. The van der Waals surface area contributed by atoms with Gasteiger partial charge in [-0.05, 0) is 35.4 Å². The van der Waals surface area contributed by atoms with Crippen molar-refractivity contribution in [3.05, 3.63) is 113 Å². The van der Waals surface area contributed by atoms with E-state index in [1.807, 2.05) is 72.8 Å². The van der Waals surface area contributed by atoms with Gasteiger partial charge in [0.15, 0.2) is 11.5 Å². The Morgan fingerprint density at radius 3 is 2.45 bits per heavy atom. The molecule has 0 aliphatic carbocycles. The number of fused-ring (bicyclic) bond motifs is 1. The second-order valence-electron chi connectivity index (χ2n) is 10.1. The highest BCUT2D eigenvalue weighted by atomic mass is 16.5. The van der Waals surface area contributed by atoms with E-state index in [4.69, 9.17) is 13.9 Å². The SMILES string of the molecule is O=C(C1=C(O)C(=O)N(CC[NH+]2CCOCC2)[C@H]1c1ccc(OCc2ccccc2)cc1)c1cc2ccccc2o1. The van der Waals surface area contributed by atoms with E-state index >= 15 is 0 Å². The Kier molecular flexibility index (Phi) is 7.35. The highest BCUT2D eigenvalue weighted by Gasteiger charge is 2.44. The zero-order valence-corrected chi connectivity index (χ0v) is 22.0. The number of nitrogens with zero attached hydrogens (tertiary/aromatic N) is 1. The van der Waals surface area contributed by atoms with Crippen molar-refractivity contribution in [3.8, 4) is 5.75 Å². The summed E-state index contributed by atoms with van der Waals surface area (Å²) in [6, 6.07) is 25.4. The maximum absolute atomic E-state index is 13.8. The Morgan fingerprint density at radius 2 is 1.70 bits per heavy atom. The molecule has 0 bridgehead atoms. The van der Waals surface area contributed by atoms with Crippen LogP contribution in [0.25, 0.3) is 11.0 Å². The molecule has 2 aliphatic rings. The van der Waals surface area contributed by atoms with Crippen LogP contribution in [0.1, 0.15) is 27.7 Å². The van der Waals surface area contributed by atoms with Crippen LogP contribution in [0.15, 0.2) is 101 Å². The number of furan rings is 1. The van der Waals surface area contributed by atoms with Crippen molar-refractivity contribution >= 4 is 22.7 Å². The van der Waals surface area contributed by atoms with E-state index < -0.39 is 23.5 Å².